The fraction of sp³-hybridized carbons (Fsp3) is 0.250. The number of rotatable bonds is 3. The molecule has 3 rings (SSSR count). The van der Waals surface area contributed by atoms with Crippen molar-refractivity contribution >= 4 is 11.6 Å². The van der Waals surface area contributed by atoms with Gasteiger partial charge in [-0.3, -0.25) is 0 Å². The minimum atomic E-state index is -0.914. The van der Waals surface area contributed by atoms with E-state index in [0.29, 0.717) is 5.56 Å². The van der Waals surface area contributed by atoms with Gasteiger partial charge in [-0.15, -0.1) is 0 Å². The molecule has 0 aliphatic heterocycles. The Balaban J connectivity index is 1.98. The van der Waals surface area contributed by atoms with Crippen LogP contribution in [0.25, 0.3) is 0 Å². The molecule has 0 amide bonds. The molecule has 0 saturated carbocycles. The van der Waals surface area contributed by atoms with Crippen LogP contribution in [-0.2, 0) is 6.42 Å². The van der Waals surface area contributed by atoms with Crippen LogP contribution < -0.4 is 5.32 Å². The second kappa shape index (κ2) is 5.15. The van der Waals surface area contributed by atoms with Crippen molar-refractivity contribution in [2.24, 2.45) is 0 Å². The Labute approximate surface area is 121 Å². The Bertz CT molecular complexity index is 657. The van der Waals surface area contributed by atoms with E-state index >= 15 is 0 Å². The Morgan fingerprint density at radius 3 is 2.60 bits per heavy atom. The highest BCUT2D eigenvalue weighted by atomic mass is 35.5. The number of likely N-dealkylation sites (N-methyl/N-ethyl adjacent to an activating group) is 1. The van der Waals surface area contributed by atoms with Crippen molar-refractivity contribution in [3.05, 3.63) is 69.7 Å². The molecule has 0 bridgehead atoms. The number of nitrogens with one attached hydrogen (secondary N) is 1. The Morgan fingerprint density at radius 2 is 1.90 bits per heavy atom. The molecule has 2 aromatic carbocycles. The van der Waals surface area contributed by atoms with Crippen molar-refractivity contribution in [1.29, 1.82) is 0 Å². The maximum Gasteiger partial charge on any atom is 0.160 e. The third kappa shape index (κ3) is 2.11. The summed E-state index contributed by atoms with van der Waals surface area (Å²) < 4.78 is 26.7. The van der Waals surface area contributed by atoms with E-state index in [0.717, 1.165) is 12.5 Å². The molecule has 0 aromatic heterocycles. The first-order valence-electron chi connectivity index (χ1n) is 6.51. The zero-order chi connectivity index (χ0) is 14.3. The van der Waals surface area contributed by atoms with Gasteiger partial charge in [0.2, 0.25) is 0 Å². The summed E-state index contributed by atoms with van der Waals surface area (Å²) in [7, 11) is 1.81. The third-order valence-electron chi connectivity index (χ3n) is 3.98. The third-order valence-corrected chi connectivity index (χ3v) is 4.31. The van der Waals surface area contributed by atoms with Crippen molar-refractivity contribution in [1.82, 2.24) is 5.32 Å². The summed E-state index contributed by atoms with van der Waals surface area (Å²) in [4.78, 5) is 0. The largest absolute Gasteiger partial charge is 0.312 e. The average molecular weight is 294 g/mol. The second-order valence-corrected chi connectivity index (χ2v) is 5.47. The summed E-state index contributed by atoms with van der Waals surface area (Å²) in [6, 6.07) is 10.3. The van der Waals surface area contributed by atoms with E-state index in [-0.39, 0.29) is 17.0 Å². The minimum absolute atomic E-state index is 0.118. The van der Waals surface area contributed by atoms with Crippen LogP contribution >= 0.6 is 11.6 Å². The monoisotopic (exact) mass is 293 g/mol. The van der Waals surface area contributed by atoms with E-state index in [1.807, 2.05) is 19.2 Å². The first kappa shape index (κ1) is 13.5. The van der Waals surface area contributed by atoms with Gasteiger partial charge in [0.05, 0.1) is 0 Å². The standard InChI is InChI=1S/C16H14ClF2N/c1-20-16(11-6-9-4-2-3-5-10(9)11)12-7-14(18)15(19)8-13(12)17/h2-5,7-8,11,16,20H,6H2,1H3. The highest BCUT2D eigenvalue weighted by Crippen LogP contribution is 2.44. The van der Waals surface area contributed by atoms with E-state index < -0.39 is 11.6 Å². The molecule has 20 heavy (non-hydrogen) atoms. The molecule has 0 heterocycles. The van der Waals surface area contributed by atoms with Crippen LogP contribution in [-0.4, -0.2) is 7.05 Å². The van der Waals surface area contributed by atoms with Crippen LogP contribution in [0.3, 0.4) is 0 Å². The molecule has 2 unspecified atom stereocenters. The first-order chi connectivity index (χ1) is 9.61. The molecule has 4 heteroatoms. The summed E-state index contributed by atoms with van der Waals surface area (Å²) in [6.45, 7) is 0. The maximum absolute atomic E-state index is 13.5. The van der Waals surface area contributed by atoms with Crippen molar-refractivity contribution in [2.45, 2.75) is 18.4 Å². The van der Waals surface area contributed by atoms with Gasteiger partial charge in [-0.2, -0.15) is 0 Å². The lowest BCUT2D eigenvalue weighted by molar-refractivity contribution is 0.433. The summed E-state index contributed by atoms with van der Waals surface area (Å²) >= 11 is 6.08. The van der Waals surface area contributed by atoms with Gasteiger partial charge in [0.15, 0.2) is 11.6 Å². The van der Waals surface area contributed by atoms with Crippen LogP contribution in [0.5, 0.6) is 0 Å². The summed E-state index contributed by atoms with van der Waals surface area (Å²) in [5, 5.41) is 3.43. The van der Waals surface area contributed by atoms with Gasteiger partial charge in [0, 0.05) is 17.0 Å². The highest BCUT2D eigenvalue weighted by Gasteiger charge is 2.34. The zero-order valence-electron chi connectivity index (χ0n) is 11.0. The van der Waals surface area contributed by atoms with Crippen molar-refractivity contribution in [2.75, 3.05) is 7.05 Å². The quantitative estimate of drug-likeness (QED) is 0.836. The summed E-state index contributed by atoms with van der Waals surface area (Å²) in [6.07, 6.45) is 0.914. The molecule has 0 spiro atoms. The lowest BCUT2D eigenvalue weighted by atomic mass is 9.72. The molecule has 0 saturated heterocycles. The van der Waals surface area contributed by atoms with Gasteiger partial charge >= 0.3 is 0 Å². The summed E-state index contributed by atoms with van der Waals surface area (Å²) in [5.41, 5.74) is 3.15. The maximum atomic E-state index is 13.5. The van der Waals surface area contributed by atoms with Gasteiger partial charge in [-0.25, -0.2) is 8.78 Å². The normalized spacial score (nSPS) is 18.3. The Hall–Kier alpha value is -1.45. The predicted octanol–water partition coefficient (Wildman–Crippen LogP) is 4.22. The molecule has 104 valence electrons. The number of hydrogen-bond acceptors (Lipinski definition) is 1. The predicted molar refractivity (Wildman–Crippen MR) is 76.1 cm³/mol. The van der Waals surface area contributed by atoms with Gasteiger partial charge in [0.1, 0.15) is 0 Å². The molecular formula is C16H14ClF2N. The van der Waals surface area contributed by atoms with E-state index in [1.54, 1.807) is 0 Å². The summed E-state index contributed by atoms with van der Waals surface area (Å²) in [5.74, 6) is -1.54. The molecule has 0 radical (unpaired) electrons. The fourth-order valence-corrected chi connectivity index (χ4v) is 3.21. The van der Waals surface area contributed by atoms with Gasteiger partial charge in [0.25, 0.3) is 0 Å². The smallest absolute Gasteiger partial charge is 0.160 e. The van der Waals surface area contributed by atoms with Crippen LogP contribution in [0.2, 0.25) is 5.02 Å². The van der Waals surface area contributed by atoms with Crippen LogP contribution in [0.15, 0.2) is 36.4 Å². The lowest BCUT2D eigenvalue weighted by Crippen LogP contribution is -2.31. The average Bonchev–Trinajstić information content (AvgIpc) is 2.41. The molecule has 2 aromatic rings. The molecule has 1 aliphatic carbocycles. The molecule has 1 aliphatic rings. The first-order valence-corrected chi connectivity index (χ1v) is 6.89. The molecule has 0 fully saturated rings. The van der Waals surface area contributed by atoms with Crippen LogP contribution in [0, 0.1) is 11.6 Å². The SMILES string of the molecule is CNC(c1cc(F)c(F)cc1Cl)C1Cc2ccccc21. The fourth-order valence-electron chi connectivity index (χ4n) is 2.94. The number of halogens is 3. The molecule has 2 atom stereocenters. The highest BCUT2D eigenvalue weighted by molar-refractivity contribution is 6.31. The van der Waals surface area contributed by atoms with E-state index in [9.17, 15) is 8.78 Å². The van der Waals surface area contributed by atoms with Crippen LogP contribution in [0.4, 0.5) is 8.78 Å². The van der Waals surface area contributed by atoms with Gasteiger partial charge in [-0.1, -0.05) is 35.9 Å². The van der Waals surface area contributed by atoms with Gasteiger partial charge < -0.3 is 5.32 Å². The Morgan fingerprint density at radius 1 is 1.20 bits per heavy atom. The number of hydrogen-bond donors (Lipinski definition) is 1. The van der Waals surface area contributed by atoms with Crippen molar-refractivity contribution in [3.8, 4) is 0 Å². The van der Waals surface area contributed by atoms with Crippen LogP contribution in [0.1, 0.15) is 28.7 Å². The molecule has 1 N–H and O–H groups in total. The van der Waals surface area contributed by atoms with E-state index in [4.69, 9.17) is 11.6 Å². The Kier molecular flexibility index (Phi) is 3.48. The molecule has 1 nitrogen and oxygen atoms in total. The van der Waals surface area contributed by atoms with Gasteiger partial charge in [-0.05, 0) is 42.3 Å². The van der Waals surface area contributed by atoms with E-state index in [1.165, 1.54) is 17.2 Å². The topological polar surface area (TPSA) is 12.0 Å². The van der Waals surface area contributed by atoms with Crippen molar-refractivity contribution in [3.63, 3.8) is 0 Å². The zero-order valence-corrected chi connectivity index (χ0v) is 11.7. The number of fused-ring (bicyclic) bond motifs is 1. The van der Waals surface area contributed by atoms with Crippen molar-refractivity contribution < 1.29 is 8.78 Å². The second-order valence-electron chi connectivity index (χ2n) is 5.06. The van der Waals surface area contributed by atoms with E-state index in [2.05, 4.69) is 17.4 Å². The minimum Gasteiger partial charge on any atom is -0.312 e. The lowest BCUT2D eigenvalue weighted by Gasteiger charge is -2.37. The number of benzene rings is 2. The molecular weight excluding hydrogens is 280 g/mol.